The average Bonchev–Trinajstić information content (AvgIpc) is 2.32. The van der Waals surface area contributed by atoms with Crippen molar-refractivity contribution in [3.05, 3.63) is 12.7 Å². The minimum atomic E-state index is -3.14. The molecule has 0 fully saturated rings. The molecule has 0 bridgehead atoms. The van der Waals surface area contributed by atoms with Gasteiger partial charge >= 0.3 is 0 Å². The molecule has 0 heterocycles. The Bertz CT molecular complexity index is 385. The number of hydrogen-bond donors (Lipinski definition) is 2. The summed E-state index contributed by atoms with van der Waals surface area (Å²) in [6, 6.07) is 0. The maximum Gasteiger partial charge on any atom is 0.208 e. The molecule has 0 atom stereocenters. The molecule has 120 valence electrons. The topological polar surface area (TPSA) is 73.8 Å². The van der Waals surface area contributed by atoms with Crippen molar-refractivity contribution in [2.45, 2.75) is 19.8 Å². The molecule has 0 rings (SSSR count). The van der Waals surface area contributed by atoms with Gasteiger partial charge in [-0.2, -0.15) is 0 Å². The third-order valence-electron chi connectivity index (χ3n) is 2.34. The minimum absolute atomic E-state index is 0. The molecule has 2 N–H and O–H groups in total. The molecule has 0 aromatic heterocycles. The summed E-state index contributed by atoms with van der Waals surface area (Å²) < 4.78 is 24.2. The zero-order valence-corrected chi connectivity index (χ0v) is 15.7. The highest BCUT2D eigenvalue weighted by Gasteiger charge is 2.04. The summed E-state index contributed by atoms with van der Waals surface area (Å²) in [7, 11) is -1.17. The van der Waals surface area contributed by atoms with Crippen LogP contribution in [0.5, 0.6) is 0 Å². The highest BCUT2D eigenvalue weighted by Crippen LogP contribution is 1.94. The summed E-state index contributed by atoms with van der Waals surface area (Å²) in [5, 5.41) is 3.18. The molecule has 0 saturated carbocycles. The van der Waals surface area contributed by atoms with Crippen LogP contribution < -0.4 is 10.0 Å². The Balaban J connectivity index is 0. The summed E-state index contributed by atoms with van der Waals surface area (Å²) in [5.74, 6) is 0.793. The number of halogens is 1. The maximum absolute atomic E-state index is 10.9. The van der Waals surface area contributed by atoms with Crippen molar-refractivity contribution >= 4 is 40.0 Å². The first kappa shape index (κ1) is 21.9. The number of hydrogen-bond acceptors (Lipinski definition) is 3. The van der Waals surface area contributed by atoms with E-state index >= 15 is 0 Å². The second-order valence-corrected chi connectivity index (χ2v) is 6.09. The van der Waals surface area contributed by atoms with Crippen molar-refractivity contribution in [2.75, 3.05) is 39.5 Å². The van der Waals surface area contributed by atoms with Crippen molar-refractivity contribution in [1.82, 2.24) is 14.9 Å². The highest BCUT2D eigenvalue weighted by atomic mass is 127. The molecule has 0 aromatic carbocycles. The van der Waals surface area contributed by atoms with Gasteiger partial charge in [-0.05, 0) is 19.8 Å². The van der Waals surface area contributed by atoms with Crippen LogP contribution in [0, 0.1) is 0 Å². The van der Waals surface area contributed by atoms with E-state index in [2.05, 4.69) is 21.6 Å². The first-order chi connectivity index (χ1) is 8.90. The molecule has 0 aromatic rings. The van der Waals surface area contributed by atoms with Crippen LogP contribution in [0.3, 0.4) is 0 Å². The van der Waals surface area contributed by atoms with E-state index in [0.717, 1.165) is 38.1 Å². The smallest absolute Gasteiger partial charge is 0.208 e. The van der Waals surface area contributed by atoms with E-state index in [1.54, 1.807) is 0 Å². The molecule has 6 nitrogen and oxygen atoms in total. The van der Waals surface area contributed by atoms with E-state index in [1.165, 1.54) is 0 Å². The highest BCUT2D eigenvalue weighted by molar-refractivity contribution is 14.0. The SMILES string of the molecule is C=CCCCN(C)C(=NCCNS(C)(=O)=O)NCC.I. The lowest BCUT2D eigenvalue weighted by Crippen LogP contribution is -2.40. The number of nitrogens with one attached hydrogen (secondary N) is 2. The van der Waals surface area contributed by atoms with Gasteiger partial charge in [0, 0.05) is 26.7 Å². The van der Waals surface area contributed by atoms with Gasteiger partial charge in [-0.25, -0.2) is 13.1 Å². The normalized spacial score (nSPS) is 11.7. The molecule has 0 amide bonds. The fourth-order valence-electron chi connectivity index (χ4n) is 1.44. The van der Waals surface area contributed by atoms with E-state index in [-0.39, 0.29) is 24.0 Å². The summed E-state index contributed by atoms with van der Waals surface area (Å²) in [6.07, 6.45) is 5.03. The van der Waals surface area contributed by atoms with Crippen molar-refractivity contribution in [1.29, 1.82) is 0 Å². The lowest BCUT2D eigenvalue weighted by Gasteiger charge is -2.21. The summed E-state index contributed by atoms with van der Waals surface area (Å²) in [6.45, 7) is 8.09. The third-order valence-corrected chi connectivity index (χ3v) is 3.06. The van der Waals surface area contributed by atoms with Crippen molar-refractivity contribution in [2.24, 2.45) is 4.99 Å². The fourth-order valence-corrected chi connectivity index (χ4v) is 1.90. The second-order valence-electron chi connectivity index (χ2n) is 4.25. The third kappa shape index (κ3) is 12.7. The Morgan fingerprint density at radius 2 is 2.10 bits per heavy atom. The van der Waals surface area contributed by atoms with Gasteiger partial charge in [0.1, 0.15) is 0 Å². The molecular formula is C12H27IN4O2S. The van der Waals surface area contributed by atoms with Gasteiger partial charge in [-0.15, -0.1) is 30.6 Å². The van der Waals surface area contributed by atoms with Gasteiger partial charge in [0.25, 0.3) is 0 Å². The molecular weight excluding hydrogens is 391 g/mol. The van der Waals surface area contributed by atoms with Crippen molar-refractivity contribution in [3.8, 4) is 0 Å². The standard InChI is InChI=1S/C12H26N4O2S.HI/c1-5-7-8-11-16(3)12(13-6-2)14-9-10-15-19(4,17)18;/h5,15H,1,6-11H2,2-4H3,(H,13,14);1H. The fraction of sp³-hybridized carbons (Fsp3) is 0.750. The predicted octanol–water partition coefficient (Wildman–Crippen LogP) is 1.02. The first-order valence-corrected chi connectivity index (χ1v) is 8.34. The number of aliphatic imine (C=N–C) groups is 1. The van der Waals surface area contributed by atoms with Crippen molar-refractivity contribution in [3.63, 3.8) is 0 Å². The van der Waals surface area contributed by atoms with Crippen LogP contribution in [-0.4, -0.2) is 58.8 Å². The Kier molecular flexibility index (Phi) is 13.6. The zero-order valence-electron chi connectivity index (χ0n) is 12.6. The number of rotatable bonds is 9. The largest absolute Gasteiger partial charge is 0.357 e. The predicted molar refractivity (Wildman–Crippen MR) is 96.3 cm³/mol. The second kappa shape index (κ2) is 12.4. The van der Waals surface area contributed by atoms with E-state index in [4.69, 9.17) is 0 Å². The van der Waals surface area contributed by atoms with Gasteiger partial charge < -0.3 is 10.2 Å². The summed E-state index contributed by atoms with van der Waals surface area (Å²) >= 11 is 0. The molecule has 0 aliphatic rings. The maximum atomic E-state index is 10.9. The van der Waals surface area contributed by atoms with Gasteiger partial charge in [0.2, 0.25) is 10.0 Å². The molecule has 0 radical (unpaired) electrons. The molecule has 0 aliphatic carbocycles. The zero-order chi connectivity index (χ0) is 14.7. The van der Waals surface area contributed by atoms with E-state index in [0.29, 0.717) is 13.1 Å². The van der Waals surface area contributed by atoms with Crippen molar-refractivity contribution < 1.29 is 8.42 Å². The van der Waals surface area contributed by atoms with Crippen LogP contribution in [0.1, 0.15) is 19.8 Å². The van der Waals surface area contributed by atoms with E-state index in [9.17, 15) is 8.42 Å². The van der Waals surface area contributed by atoms with Crippen LogP contribution in [-0.2, 0) is 10.0 Å². The monoisotopic (exact) mass is 418 g/mol. The van der Waals surface area contributed by atoms with Gasteiger partial charge in [0.15, 0.2) is 5.96 Å². The minimum Gasteiger partial charge on any atom is -0.357 e. The van der Waals surface area contributed by atoms with E-state index in [1.807, 2.05) is 24.9 Å². The average molecular weight is 418 g/mol. The molecule has 0 spiro atoms. The summed E-state index contributed by atoms with van der Waals surface area (Å²) in [5.41, 5.74) is 0. The van der Waals surface area contributed by atoms with Crippen LogP contribution in [0.2, 0.25) is 0 Å². The number of unbranched alkanes of at least 4 members (excludes halogenated alkanes) is 1. The first-order valence-electron chi connectivity index (χ1n) is 6.45. The Labute approximate surface area is 140 Å². The lowest BCUT2D eigenvalue weighted by molar-refractivity contribution is 0.470. The van der Waals surface area contributed by atoms with Crippen LogP contribution in [0.15, 0.2) is 17.6 Å². The summed E-state index contributed by atoms with van der Waals surface area (Å²) in [4.78, 5) is 6.41. The molecule has 20 heavy (non-hydrogen) atoms. The quantitative estimate of drug-likeness (QED) is 0.193. The molecule has 0 aliphatic heterocycles. The van der Waals surface area contributed by atoms with Crippen LogP contribution in [0.25, 0.3) is 0 Å². The number of allylic oxidation sites excluding steroid dienone is 1. The van der Waals surface area contributed by atoms with Crippen LogP contribution in [0.4, 0.5) is 0 Å². The number of nitrogens with zero attached hydrogens (tertiary/aromatic N) is 2. The Morgan fingerprint density at radius 1 is 1.45 bits per heavy atom. The number of guanidine groups is 1. The van der Waals surface area contributed by atoms with Gasteiger partial charge in [0.05, 0.1) is 12.8 Å². The molecule has 0 unspecified atom stereocenters. The Morgan fingerprint density at radius 3 is 2.60 bits per heavy atom. The van der Waals surface area contributed by atoms with Gasteiger partial charge in [-0.1, -0.05) is 6.08 Å². The molecule has 8 heteroatoms. The lowest BCUT2D eigenvalue weighted by atomic mass is 10.3. The molecule has 0 saturated heterocycles. The Hall–Kier alpha value is -0.350. The van der Waals surface area contributed by atoms with E-state index < -0.39 is 10.0 Å². The van der Waals surface area contributed by atoms with Crippen LogP contribution >= 0.6 is 24.0 Å². The van der Waals surface area contributed by atoms with Gasteiger partial charge in [-0.3, -0.25) is 4.99 Å². The number of sulfonamides is 1.